The van der Waals surface area contributed by atoms with Gasteiger partial charge in [0.25, 0.3) is 5.91 Å². The molecule has 6 nitrogen and oxygen atoms in total. The van der Waals surface area contributed by atoms with Crippen LogP contribution in [0.1, 0.15) is 32.4 Å². The molecular formula is C26H29N3O3S. The Morgan fingerprint density at radius 1 is 1.06 bits per heavy atom. The molecule has 4 rings (SSSR count). The van der Waals surface area contributed by atoms with Gasteiger partial charge in [-0.15, -0.1) is 11.3 Å². The Bertz CT molecular complexity index is 1180. The van der Waals surface area contributed by atoms with Gasteiger partial charge in [0, 0.05) is 27.2 Å². The number of thiophene rings is 1. The SMILES string of the molecule is CN.COc1c(C(=O)NC(CO)c2ccccc2)ccc(N)c1Cc1cc2ccccc2s1. The lowest BCUT2D eigenvalue weighted by atomic mass is 10.0. The molecule has 1 amide bonds. The van der Waals surface area contributed by atoms with E-state index in [1.807, 2.05) is 42.5 Å². The Labute approximate surface area is 197 Å². The Morgan fingerprint density at radius 2 is 1.76 bits per heavy atom. The van der Waals surface area contributed by atoms with Gasteiger partial charge in [-0.25, -0.2) is 0 Å². The maximum absolute atomic E-state index is 13.1. The second-order valence-electron chi connectivity index (χ2n) is 7.26. The summed E-state index contributed by atoms with van der Waals surface area (Å²) in [4.78, 5) is 14.2. The van der Waals surface area contributed by atoms with Crippen molar-refractivity contribution in [1.29, 1.82) is 0 Å². The van der Waals surface area contributed by atoms with E-state index in [1.54, 1.807) is 30.6 Å². The monoisotopic (exact) mass is 463 g/mol. The molecule has 0 aliphatic heterocycles. The molecule has 1 unspecified atom stereocenters. The second kappa shape index (κ2) is 11.5. The lowest BCUT2D eigenvalue weighted by Gasteiger charge is -2.19. The predicted molar refractivity (Wildman–Crippen MR) is 136 cm³/mol. The van der Waals surface area contributed by atoms with E-state index in [9.17, 15) is 9.90 Å². The highest BCUT2D eigenvalue weighted by atomic mass is 32.1. The van der Waals surface area contributed by atoms with Crippen LogP contribution in [-0.4, -0.2) is 31.8 Å². The molecule has 0 bridgehead atoms. The van der Waals surface area contributed by atoms with Crippen LogP contribution in [0, 0.1) is 0 Å². The Hall–Kier alpha value is -3.39. The van der Waals surface area contributed by atoms with Crippen LogP contribution in [0.2, 0.25) is 0 Å². The molecule has 3 aromatic carbocycles. The van der Waals surface area contributed by atoms with Crippen LogP contribution < -0.4 is 21.5 Å². The van der Waals surface area contributed by atoms with Crippen LogP contribution >= 0.6 is 11.3 Å². The number of aliphatic hydroxyl groups excluding tert-OH is 1. The molecule has 1 atom stereocenters. The van der Waals surface area contributed by atoms with Crippen molar-refractivity contribution in [3.8, 4) is 5.75 Å². The first-order valence-corrected chi connectivity index (χ1v) is 11.4. The van der Waals surface area contributed by atoms with E-state index in [0.29, 0.717) is 23.4 Å². The van der Waals surface area contributed by atoms with Crippen molar-refractivity contribution in [1.82, 2.24) is 5.32 Å². The summed E-state index contributed by atoms with van der Waals surface area (Å²) in [5, 5.41) is 13.9. The van der Waals surface area contributed by atoms with Gasteiger partial charge in [-0.1, -0.05) is 48.5 Å². The van der Waals surface area contributed by atoms with Gasteiger partial charge in [0.15, 0.2) is 0 Å². The number of anilines is 1. The second-order valence-corrected chi connectivity index (χ2v) is 8.43. The number of fused-ring (bicyclic) bond motifs is 1. The number of nitrogens with two attached hydrogens (primary N) is 2. The number of hydrogen-bond donors (Lipinski definition) is 4. The quantitative estimate of drug-likeness (QED) is 0.308. The third kappa shape index (κ3) is 5.51. The number of carbonyl (C=O) groups is 1. The van der Waals surface area contributed by atoms with Gasteiger partial charge in [0.2, 0.25) is 0 Å². The minimum atomic E-state index is -0.512. The minimum absolute atomic E-state index is 0.207. The summed E-state index contributed by atoms with van der Waals surface area (Å²) in [6.45, 7) is -0.207. The van der Waals surface area contributed by atoms with Crippen LogP contribution in [0.25, 0.3) is 10.1 Å². The van der Waals surface area contributed by atoms with Crippen molar-refractivity contribution < 1.29 is 14.6 Å². The number of rotatable bonds is 7. The average molecular weight is 464 g/mol. The lowest BCUT2D eigenvalue weighted by molar-refractivity contribution is 0.0913. The van der Waals surface area contributed by atoms with Gasteiger partial charge in [-0.05, 0) is 42.3 Å². The highest BCUT2D eigenvalue weighted by Gasteiger charge is 2.22. The molecule has 0 saturated carbocycles. The summed E-state index contributed by atoms with van der Waals surface area (Å²) in [7, 11) is 3.04. The van der Waals surface area contributed by atoms with Crippen LogP contribution in [0.15, 0.2) is 72.8 Å². The Balaban J connectivity index is 0.00000149. The largest absolute Gasteiger partial charge is 0.496 e. The standard InChI is InChI=1S/C25H24N2O3S.CH5N/c1-30-24-19(25(29)27-22(15-28)16-7-3-2-4-8-16)11-12-21(26)20(24)14-18-13-17-9-5-6-10-23(17)31-18;1-2/h2-13,22,28H,14-15,26H2,1H3,(H,27,29);2H2,1H3. The molecule has 4 aromatic rings. The van der Waals surface area contributed by atoms with Crippen molar-refractivity contribution in [2.24, 2.45) is 5.73 Å². The van der Waals surface area contributed by atoms with Crippen molar-refractivity contribution in [2.45, 2.75) is 12.5 Å². The summed E-state index contributed by atoms with van der Waals surface area (Å²) in [6.07, 6.45) is 0.567. The average Bonchev–Trinajstić information content (AvgIpc) is 3.28. The number of nitrogen functional groups attached to an aromatic ring is 1. The molecule has 0 radical (unpaired) electrons. The van der Waals surface area contributed by atoms with E-state index in [2.05, 4.69) is 29.2 Å². The number of aliphatic hydroxyl groups is 1. The minimum Gasteiger partial charge on any atom is -0.496 e. The van der Waals surface area contributed by atoms with Crippen molar-refractivity contribution in [3.63, 3.8) is 0 Å². The van der Waals surface area contributed by atoms with E-state index >= 15 is 0 Å². The van der Waals surface area contributed by atoms with Crippen LogP contribution in [-0.2, 0) is 6.42 Å². The molecule has 172 valence electrons. The highest BCUT2D eigenvalue weighted by Crippen LogP contribution is 2.35. The first-order chi connectivity index (χ1) is 16.1. The molecule has 1 heterocycles. The van der Waals surface area contributed by atoms with Gasteiger partial charge < -0.3 is 26.6 Å². The molecule has 1 aromatic heterocycles. The summed E-state index contributed by atoms with van der Waals surface area (Å²) in [6, 6.07) is 22.6. The van der Waals surface area contributed by atoms with E-state index in [0.717, 1.165) is 16.0 Å². The number of carbonyl (C=O) groups excluding carboxylic acids is 1. The molecule has 0 aliphatic carbocycles. The van der Waals surface area contributed by atoms with Gasteiger partial charge in [0.1, 0.15) is 5.75 Å². The first kappa shape index (κ1) is 24.3. The zero-order chi connectivity index (χ0) is 23.8. The van der Waals surface area contributed by atoms with Crippen LogP contribution in [0.5, 0.6) is 5.75 Å². The number of hydrogen-bond acceptors (Lipinski definition) is 6. The zero-order valence-electron chi connectivity index (χ0n) is 18.7. The molecule has 0 aliphatic rings. The molecule has 0 fully saturated rings. The number of amides is 1. The molecule has 0 saturated heterocycles. The Morgan fingerprint density at radius 3 is 2.42 bits per heavy atom. The maximum atomic E-state index is 13.1. The number of nitrogens with one attached hydrogen (secondary N) is 1. The number of benzene rings is 3. The first-order valence-electron chi connectivity index (χ1n) is 10.6. The smallest absolute Gasteiger partial charge is 0.255 e. The Kier molecular flexibility index (Phi) is 8.43. The van der Waals surface area contributed by atoms with Gasteiger partial charge in [-0.3, -0.25) is 4.79 Å². The summed E-state index contributed by atoms with van der Waals surface area (Å²) < 4.78 is 6.85. The normalized spacial score (nSPS) is 11.4. The maximum Gasteiger partial charge on any atom is 0.255 e. The number of ether oxygens (including phenoxy) is 1. The van der Waals surface area contributed by atoms with E-state index in [-0.39, 0.29) is 12.5 Å². The fourth-order valence-electron chi connectivity index (χ4n) is 3.69. The lowest BCUT2D eigenvalue weighted by Crippen LogP contribution is -2.31. The fourth-order valence-corrected chi connectivity index (χ4v) is 4.77. The number of methoxy groups -OCH3 is 1. The molecular weight excluding hydrogens is 434 g/mol. The summed E-state index contributed by atoms with van der Waals surface area (Å²) in [5.74, 6) is 0.136. The van der Waals surface area contributed by atoms with Crippen molar-refractivity contribution in [2.75, 3.05) is 26.5 Å². The molecule has 33 heavy (non-hydrogen) atoms. The molecule has 7 heteroatoms. The van der Waals surface area contributed by atoms with Crippen molar-refractivity contribution >= 4 is 33.0 Å². The van der Waals surface area contributed by atoms with Gasteiger partial charge in [0.05, 0.1) is 25.3 Å². The van der Waals surface area contributed by atoms with E-state index in [1.165, 1.54) is 17.1 Å². The van der Waals surface area contributed by atoms with Crippen LogP contribution in [0.3, 0.4) is 0 Å². The predicted octanol–water partition coefficient (Wildman–Crippen LogP) is 4.12. The van der Waals surface area contributed by atoms with Gasteiger partial charge >= 0.3 is 0 Å². The third-order valence-corrected chi connectivity index (χ3v) is 6.38. The summed E-state index contributed by atoms with van der Waals surface area (Å²) in [5.41, 5.74) is 13.4. The summed E-state index contributed by atoms with van der Waals surface area (Å²) >= 11 is 1.70. The topological polar surface area (TPSA) is 111 Å². The highest BCUT2D eigenvalue weighted by molar-refractivity contribution is 7.19. The molecule has 6 N–H and O–H groups in total. The van der Waals surface area contributed by atoms with E-state index < -0.39 is 6.04 Å². The van der Waals surface area contributed by atoms with Crippen molar-refractivity contribution in [3.05, 3.63) is 94.4 Å². The van der Waals surface area contributed by atoms with Crippen LogP contribution in [0.4, 0.5) is 5.69 Å². The third-order valence-electron chi connectivity index (χ3n) is 5.26. The molecule has 0 spiro atoms. The fraction of sp³-hybridized carbons (Fsp3) is 0.192. The van der Waals surface area contributed by atoms with E-state index in [4.69, 9.17) is 10.5 Å². The van der Waals surface area contributed by atoms with Gasteiger partial charge in [-0.2, -0.15) is 0 Å². The zero-order valence-corrected chi connectivity index (χ0v) is 19.6.